The molecule has 17 heavy (non-hydrogen) atoms. The van der Waals surface area contributed by atoms with E-state index in [0.29, 0.717) is 0 Å². The van der Waals surface area contributed by atoms with Gasteiger partial charge in [0.1, 0.15) is 0 Å². The molecule has 0 unspecified atom stereocenters. The molecule has 1 saturated carbocycles. The second-order valence-corrected chi connectivity index (χ2v) is 4.76. The van der Waals surface area contributed by atoms with Gasteiger partial charge in [-0.05, 0) is 31.2 Å². The largest absolute Gasteiger partial charge is 0.344 e. The first-order valence-electron chi connectivity index (χ1n) is 5.91. The fourth-order valence-corrected chi connectivity index (χ4v) is 1.92. The van der Waals surface area contributed by atoms with Gasteiger partial charge < -0.3 is 6.15 Å². The molecule has 0 saturated heterocycles. The summed E-state index contributed by atoms with van der Waals surface area (Å²) >= 11 is 0. The van der Waals surface area contributed by atoms with E-state index < -0.39 is 0 Å². The lowest BCUT2D eigenvalue weighted by Gasteiger charge is -1.98. The van der Waals surface area contributed by atoms with Crippen LogP contribution in [0.4, 0.5) is 0 Å². The molecule has 3 rings (SSSR count). The normalized spacial score (nSPS) is 14.4. The van der Waals surface area contributed by atoms with Gasteiger partial charge in [-0.1, -0.05) is 29.8 Å². The van der Waals surface area contributed by atoms with Crippen molar-refractivity contribution in [2.24, 2.45) is 5.92 Å². The molecule has 0 radical (unpaired) electrons. The predicted molar refractivity (Wildman–Crippen MR) is 70.1 cm³/mol. The molecule has 0 bridgehead atoms. The molecule has 90 valence electrons. The van der Waals surface area contributed by atoms with Gasteiger partial charge in [0.05, 0.1) is 6.20 Å². The quantitative estimate of drug-likeness (QED) is 0.876. The van der Waals surface area contributed by atoms with Crippen LogP contribution in [0.1, 0.15) is 18.4 Å². The Morgan fingerprint density at radius 2 is 1.88 bits per heavy atom. The van der Waals surface area contributed by atoms with Crippen molar-refractivity contribution in [1.29, 1.82) is 0 Å². The van der Waals surface area contributed by atoms with Crippen LogP contribution < -0.4 is 6.15 Å². The van der Waals surface area contributed by atoms with Gasteiger partial charge in [0.25, 0.3) is 0 Å². The fraction of sp³-hybridized carbons (Fsp3) is 0.357. The van der Waals surface area contributed by atoms with Crippen molar-refractivity contribution in [2.45, 2.75) is 26.3 Å². The smallest absolute Gasteiger partial charge is 0.0568 e. The summed E-state index contributed by atoms with van der Waals surface area (Å²) in [5.74, 6) is 0.880. The van der Waals surface area contributed by atoms with Crippen molar-refractivity contribution >= 4 is 0 Å². The van der Waals surface area contributed by atoms with Gasteiger partial charge in [-0.2, -0.15) is 5.10 Å². The molecular formula is C14H19N3. The van der Waals surface area contributed by atoms with Crippen molar-refractivity contribution in [2.75, 3.05) is 0 Å². The predicted octanol–water partition coefficient (Wildman–Crippen LogP) is 3.43. The second-order valence-electron chi connectivity index (χ2n) is 4.76. The highest BCUT2D eigenvalue weighted by Gasteiger charge is 2.21. The van der Waals surface area contributed by atoms with Crippen LogP contribution in [0.25, 0.3) is 11.1 Å². The van der Waals surface area contributed by atoms with E-state index in [0.717, 1.165) is 12.5 Å². The molecule has 1 aromatic heterocycles. The van der Waals surface area contributed by atoms with Crippen LogP contribution in [0.5, 0.6) is 0 Å². The van der Waals surface area contributed by atoms with Crippen molar-refractivity contribution in [3.05, 3.63) is 42.2 Å². The third kappa shape index (κ3) is 2.74. The highest BCUT2D eigenvalue weighted by Crippen LogP contribution is 2.30. The molecule has 1 heterocycles. The Labute approximate surface area is 102 Å². The standard InChI is InChI=1S/C14H16N2.H3N/c1-11-2-6-13(7-3-11)14-8-15-16(10-14)9-12-4-5-12;/h2-3,6-8,10,12H,4-5,9H2,1H3;1H3. The van der Waals surface area contributed by atoms with Crippen LogP contribution in [0.2, 0.25) is 0 Å². The number of aryl methyl sites for hydroxylation is 1. The van der Waals surface area contributed by atoms with E-state index in [-0.39, 0.29) is 6.15 Å². The Morgan fingerprint density at radius 3 is 2.53 bits per heavy atom. The molecule has 0 spiro atoms. The number of aromatic nitrogens is 2. The maximum absolute atomic E-state index is 4.41. The van der Waals surface area contributed by atoms with Gasteiger partial charge in [0.2, 0.25) is 0 Å². The Kier molecular flexibility index (Phi) is 3.29. The first-order chi connectivity index (χ1) is 7.81. The number of rotatable bonds is 3. The van der Waals surface area contributed by atoms with E-state index in [1.807, 2.05) is 6.20 Å². The van der Waals surface area contributed by atoms with Crippen molar-refractivity contribution in [3.63, 3.8) is 0 Å². The summed E-state index contributed by atoms with van der Waals surface area (Å²) in [6, 6.07) is 8.61. The minimum atomic E-state index is 0. The maximum Gasteiger partial charge on any atom is 0.0568 e. The van der Waals surface area contributed by atoms with Gasteiger partial charge in [-0.25, -0.2) is 0 Å². The fourth-order valence-electron chi connectivity index (χ4n) is 1.92. The van der Waals surface area contributed by atoms with Gasteiger partial charge >= 0.3 is 0 Å². The average molecular weight is 229 g/mol. The number of nitrogens with zero attached hydrogens (tertiary/aromatic N) is 2. The number of hydrogen-bond donors (Lipinski definition) is 1. The van der Waals surface area contributed by atoms with Crippen LogP contribution in [-0.4, -0.2) is 9.78 Å². The molecule has 3 nitrogen and oxygen atoms in total. The summed E-state index contributed by atoms with van der Waals surface area (Å²) < 4.78 is 2.08. The highest BCUT2D eigenvalue weighted by molar-refractivity contribution is 5.61. The van der Waals surface area contributed by atoms with E-state index in [9.17, 15) is 0 Å². The zero-order valence-corrected chi connectivity index (χ0v) is 10.3. The zero-order chi connectivity index (χ0) is 11.0. The highest BCUT2D eigenvalue weighted by atomic mass is 15.3. The minimum Gasteiger partial charge on any atom is -0.344 e. The summed E-state index contributed by atoms with van der Waals surface area (Å²) in [5, 5.41) is 4.41. The van der Waals surface area contributed by atoms with E-state index in [4.69, 9.17) is 0 Å². The second kappa shape index (κ2) is 4.72. The minimum absolute atomic E-state index is 0. The topological polar surface area (TPSA) is 52.8 Å². The van der Waals surface area contributed by atoms with E-state index in [1.54, 1.807) is 0 Å². The first-order valence-corrected chi connectivity index (χ1v) is 5.91. The van der Waals surface area contributed by atoms with E-state index >= 15 is 0 Å². The average Bonchev–Trinajstić information content (AvgIpc) is 2.97. The summed E-state index contributed by atoms with van der Waals surface area (Å²) in [6.07, 6.45) is 6.87. The molecule has 0 atom stereocenters. The Balaban J connectivity index is 0.00000108. The summed E-state index contributed by atoms with van der Waals surface area (Å²) in [5.41, 5.74) is 3.78. The van der Waals surface area contributed by atoms with Crippen LogP contribution >= 0.6 is 0 Å². The van der Waals surface area contributed by atoms with Crippen LogP contribution in [0.15, 0.2) is 36.7 Å². The van der Waals surface area contributed by atoms with Crippen molar-refractivity contribution in [1.82, 2.24) is 15.9 Å². The number of benzene rings is 1. The van der Waals surface area contributed by atoms with Gasteiger partial charge in [0.15, 0.2) is 0 Å². The first kappa shape index (κ1) is 11.9. The molecule has 1 aliphatic rings. The molecule has 0 amide bonds. The lowest BCUT2D eigenvalue weighted by molar-refractivity contribution is 0.563. The van der Waals surface area contributed by atoms with Crippen LogP contribution in [0, 0.1) is 12.8 Å². The Hall–Kier alpha value is -1.61. The summed E-state index contributed by atoms with van der Waals surface area (Å²) in [4.78, 5) is 0. The van der Waals surface area contributed by atoms with Crippen molar-refractivity contribution < 1.29 is 0 Å². The van der Waals surface area contributed by atoms with E-state index in [1.165, 1.54) is 29.5 Å². The van der Waals surface area contributed by atoms with Gasteiger partial charge in [-0.3, -0.25) is 4.68 Å². The Bertz CT molecular complexity index is 480. The summed E-state index contributed by atoms with van der Waals surface area (Å²) in [7, 11) is 0. The maximum atomic E-state index is 4.41. The molecule has 1 aliphatic carbocycles. The van der Waals surface area contributed by atoms with Gasteiger partial charge in [-0.15, -0.1) is 0 Å². The number of hydrogen-bond acceptors (Lipinski definition) is 2. The molecule has 1 aromatic carbocycles. The van der Waals surface area contributed by atoms with Crippen LogP contribution in [-0.2, 0) is 6.54 Å². The molecular weight excluding hydrogens is 210 g/mol. The van der Waals surface area contributed by atoms with E-state index in [2.05, 4.69) is 47.2 Å². The monoisotopic (exact) mass is 229 g/mol. The Morgan fingerprint density at radius 1 is 1.18 bits per heavy atom. The lowest BCUT2D eigenvalue weighted by Crippen LogP contribution is -1.98. The molecule has 3 N–H and O–H groups in total. The third-order valence-corrected chi connectivity index (χ3v) is 3.16. The third-order valence-electron chi connectivity index (χ3n) is 3.16. The molecule has 1 fully saturated rings. The SMILES string of the molecule is Cc1ccc(-c2cnn(CC3CC3)c2)cc1.N. The molecule has 0 aliphatic heterocycles. The molecule has 2 aromatic rings. The molecule has 3 heteroatoms. The zero-order valence-electron chi connectivity index (χ0n) is 10.3. The summed E-state index contributed by atoms with van der Waals surface area (Å²) in [6.45, 7) is 3.20. The van der Waals surface area contributed by atoms with Crippen molar-refractivity contribution in [3.8, 4) is 11.1 Å². The van der Waals surface area contributed by atoms with Gasteiger partial charge in [0, 0.05) is 18.3 Å². The van der Waals surface area contributed by atoms with Crippen LogP contribution in [0.3, 0.4) is 0 Å². The lowest BCUT2D eigenvalue weighted by atomic mass is 10.1.